The van der Waals surface area contributed by atoms with E-state index in [2.05, 4.69) is 25.8 Å². The molecular weight excluding hydrogens is 158 g/mol. The lowest BCUT2D eigenvalue weighted by molar-refractivity contribution is 0.231. The minimum absolute atomic E-state index is 0.938. The van der Waals surface area contributed by atoms with Crippen molar-refractivity contribution in [2.24, 2.45) is 11.8 Å². The van der Waals surface area contributed by atoms with E-state index in [0.717, 1.165) is 11.8 Å². The molecule has 1 nitrogen and oxygen atoms in total. The van der Waals surface area contributed by atoms with Crippen LogP contribution in [0.15, 0.2) is 0 Å². The second-order valence-corrected chi connectivity index (χ2v) is 4.33. The topological polar surface area (TPSA) is 3.24 Å². The molecule has 0 aromatic rings. The molecule has 80 valence electrons. The van der Waals surface area contributed by atoms with Gasteiger partial charge in [-0.2, -0.15) is 0 Å². The SMILES string of the molecule is CC.CC1CCN(C)CCC(C)C1. The average Bonchev–Trinajstić information content (AvgIpc) is 2.13. The van der Waals surface area contributed by atoms with Crippen molar-refractivity contribution in [3.63, 3.8) is 0 Å². The van der Waals surface area contributed by atoms with Crippen molar-refractivity contribution in [1.82, 2.24) is 4.90 Å². The molecule has 1 rings (SSSR count). The van der Waals surface area contributed by atoms with Gasteiger partial charge in [-0.3, -0.25) is 0 Å². The van der Waals surface area contributed by atoms with Gasteiger partial charge in [0.25, 0.3) is 0 Å². The summed E-state index contributed by atoms with van der Waals surface area (Å²) in [7, 11) is 2.24. The molecule has 1 heteroatoms. The van der Waals surface area contributed by atoms with Gasteiger partial charge in [0, 0.05) is 0 Å². The molecule has 1 aliphatic rings. The molecule has 0 saturated carbocycles. The highest BCUT2D eigenvalue weighted by Crippen LogP contribution is 2.20. The van der Waals surface area contributed by atoms with Gasteiger partial charge in [0.15, 0.2) is 0 Å². The smallest absolute Gasteiger partial charge is 0.00192 e. The Kier molecular flexibility index (Phi) is 7.35. The van der Waals surface area contributed by atoms with Crippen LogP contribution in [0.5, 0.6) is 0 Å². The molecule has 1 saturated heterocycles. The van der Waals surface area contributed by atoms with Gasteiger partial charge in [-0.25, -0.2) is 0 Å². The summed E-state index contributed by atoms with van der Waals surface area (Å²) < 4.78 is 0. The van der Waals surface area contributed by atoms with Gasteiger partial charge in [-0.15, -0.1) is 0 Å². The summed E-state index contributed by atoms with van der Waals surface area (Å²) in [6.07, 6.45) is 4.22. The average molecular weight is 185 g/mol. The van der Waals surface area contributed by atoms with Crippen molar-refractivity contribution in [3.05, 3.63) is 0 Å². The van der Waals surface area contributed by atoms with Crippen LogP contribution < -0.4 is 0 Å². The zero-order chi connectivity index (χ0) is 10.3. The molecule has 1 heterocycles. The Morgan fingerprint density at radius 2 is 1.31 bits per heavy atom. The lowest BCUT2D eigenvalue weighted by Crippen LogP contribution is -2.27. The summed E-state index contributed by atoms with van der Waals surface area (Å²) in [6, 6.07) is 0. The van der Waals surface area contributed by atoms with E-state index in [1.54, 1.807) is 0 Å². The van der Waals surface area contributed by atoms with E-state index < -0.39 is 0 Å². The zero-order valence-electron chi connectivity index (χ0n) is 10.1. The molecule has 0 N–H and O–H groups in total. The van der Waals surface area contributed by atoms with E-state index in [1.165, 1.54) is 32.4 Å². The first kappa shape index (κ1) is 13.0. The van der Waals surface area contributed by atoms with Crippen LogP contribution in [0.3, 0.4) is 0 Å². The molecule has 0 aliphatic carbocycles. The number of rotatable bonds is 0. The van der Waals surface area contributed by atoms with Gasteiger partial charge in [0.1, 0.15) is 0 Å². The van der Waals surface area contributed by atoms with Gasteiger partial charge >= 0.3 is 0 Å². The quantitative estimate of drug-likeness (QED) is 0.559. The third-order valence-corrected chi connectivity index (χ3v) is 2.81. The molecule has 0 aromatic heterocycles. The van der Waals surface area contributed by atoms with Crippen LogP contribution >= 0.6 is 0 Å². The second-order valence-electron chi connectivity index (χ2n) is 4.33. The van der Waals surface area contributed by atoms with E-state index >= 15 is 0 Å². The third kappa shape index (κ3) is 6.09. The van der Waals surface area contributed by atoms with E-state index in [1.807, 2.05) is 13.8 Å². The van der Waals surface area contributed by atoms with Gasteiger partial charge < -0.3 is 4.90 Å². The fraction of sp³-hybridized carbons (Fsp3) is 1.00. The molecule has 0 amide bonds. The standard InChI is InChI=1S/C10H21N.C2H6/c1-9-4-6-11(3)7-5-10(2)8-9;1-2/h9-10H,4-8H2,1-3H3;1-2H3. The largest absolute Gasteiger partial charge is 0.306 e. The predicted molar refractivity (Wildman–Crippen MR) is 61.0 cm³/mol. The number of likely N-dealkylation sites (tertiary alicyclic amines) is 1. The van der Waals surface area contributed by atoms with Crippen LogP contribution in [0.2, 0.25) is 0 Å². The third-order valence-electron chi connectivity index (χ3n) is 2.81. The Morgan fingerprint density at radius 3 is 1.69 bits per heavy atom. The normalized spacial score (nSPS) is 31.2. The highest BCUT2D eigenvalue weighted by atomic mass is 15.1. The Morgan fingerprint density at radius 1 is 0.923 bits per heavy atom. The monoisotopic (exact) mass is 185 g/mol. The lowest BCUT2D eigenvalue weighted by atomic mass is 9.91. The molecule has 0 spiro atoms. The van der Waals surface area contributed by atoms with Gasteiger partial charge in [0.05, 0.1) is 0 Å². The first-order valence-corrected chi connectivity index (χ1v) is 5.87. The van der Waals surface area contributed by atoms with Crippen LogP contribution in [0.1, 0.15) is 47.0 Å². The van der Waals surface area contributed by atoms with Gasteiger partial charge in [0.2, 0.25) is 0 Å². The molecule has 1 fully saturated rings. The van der Waals surface area contributed by atoms with Crippen molar-refractivity contribution >= 4 is 0 Å². The molecule has 13 heavy (non-hydrogen) atoms. The van der Waals surface area contributed by atoms with Crippen molar-refractivity contribution in [3.8, 4) is 0 Å². The summed E-state index contributed by atoms with van der Waals surface area (Å²) in [5.41, 5.74) is 0. The van der Waals surface area contributed by atoms with Crippen LogP contribution in [0.4, 0.5) is 0 Å². The zero-order valence-corrected chi connectivity index (χ0v) is 10.1. The molecule has 0 bridgehead atoms. The maximum Gasteiger partial charge on any atom is -0.00192 e. The Balaban J connectivity index is 0.000000671. The van der Waals surface area contributed by atoms with Crippen LogP contribution in [0, 0.1) is 11.8 Å². The number of hydrogen-bond donors (Lipinski definition) is 0. The summed E-state index contributed by atoms with van der Waals surface area (Å²) in [5.74, 6) is 1.88. The highest BCUT2D eigenvalue weighted by molar-refractivity contribution is 4.67. The molecule has 2 unspecified atom stereocenters. The summed E-state index contributed by atoms with van der Waals surface area (Å²) in [5, 5.41) is 0. The Hall–Kier alpha value is -0.0400. The Labute approximate surface area is 84.5 Å². The second kappa shape index (κ2) is 7.37. The van der Waals surface area contributed by atoms with E-state index in [9.17, 15) is 0 Å². The molecule has 2 atom stereocenters. The number of nitrogens with zero attached hydrogens (tertiary/aromatic N) is 1. The fourth-order valence-corrected chi connectivity index (χ4v) is 1.92. The van der Waals surface area contributed by atoms with Crippen LogP contribution in [-0.2, 0) is 0 Å². The minimum atomic E-state index is 0.938. The van der Waals surface area contributed by atoms with Gasteiger partial charge in [-0.1, -0.05) is 27.7 Å². The predicted octanol–water partition coefficient (Wildman–Crippen LogP) is 3.40. The van der Waals surface area contributed by atoms with Crippen molar-refractivity contribution in [2.75, 3.05) is 20.1 Å². The summed E-state index contributed by atoms with van der Waals surface area (Å²) in [4.78, 5) is 2.46. The van der Waals surface area contributed by atoms with Crippen LogP contribution in [0.25, 0.3) is 0 Å². The van der Waals surface area contributed by atoms with E-state index in [4.69, 9.17) is 0 Å². The summed E-state index contributed by atoms with van der Waals surface area (Å²) in [6.45, 7) is 11.4. The van der Waals surface area contributed by atoms with E-state index in [-0.39, 0.29) is 0 Å². The molecule has 0 radical (unpaired) electrons. The maximum atomic E-state index is 2.46. The molecular formula is C12H27N. The molecule has 0 aromatic carbocycles. The minimum Gasteiger partial charge on any atom is -0.306 e. The first-order valence-electron chi connectivity index (χ1n) is 5.87. The van der Waals surface area contributed by atoms with Crippen molar-refractivity contribution < 1.29 is 0 Å². The van der Waals surface area contributed by atoms with Gasteiger partial charge in [-0.05, 0) is 51.2 Å². The number of hydrogen-bond acceptors (Lipinski definition) is 1. The van der Waals surface area contributed by atoms with E-state index in [0.29, 0.717) is 0 Å². The first-order chi connectivity index (χ1) is 6.18. The van der Waals surface area contributed by atoms with Crippen molar-refractivity contribution in [1.29, 1.82) is 0 Å². The van der Waals surface area contributed by atoms with Crippen LogP contribution in [-0.4, -0.2) is 25.0 Å². The maximum absolute atomic E-state index is 2.46. The Bertz CT molecular complexity index is 99.7. The fourth-order valence-electron chi connectivity index (χ4n) is 1.92. The van der Waals surface area contributed by atoms with Crippen molar-refractivity contribution in [2.45, 2.75) is 47.0 Å². The molecule has 1 aliphatic heterocycles. The summed E-state index contributed by atoms with van der Waals surface area (Å²) >= 11 is 0. The highest BCUT2D eigenvalue weighted by Gasteiger charge is 2.13. The lowest BCUT2D eigenvalue weighted by Gasteiger charge is -2.26.